The van der Waals surface area contributed by atoms with E-state index >= 15 is 0 Å². The molecular weight excluding hydrogens is 258 g/mol. The molecular formula is C15H15NO4. The van der Waals surface area contributed by atoms with Gasteiger partial charge in [0.25, 0.3) is 0 Å². The van der Waals surface area contributed by atoms with E-state index in [9.17, 15) is 9.59 Å². The van der Waals surface area contributed by atoms with Gasteiger partial charge in [0.1, 0.15) is 11.3 Å². The molecule has 0 aromatic heterocycles. The lowest BCUT2D eigenvalue weighted by Crippen LogP contribution is -2.06. The van der Waals surface area contributed by atoms with E-state index in [1.807, 2.05) is 30.3 Å². The summed E-state index contributed by atoms with van der Waals surface area (Å²) in [6.45, 7) is 1.22. The van der Waals surface area contributed by atoms with E-state index in [0.717, 1.165) is 5.69 Å². The Morgan fingerprint density at radius 2 is 1.55 bits per heavy atom. The second kappa shape index (κ2) is 7.58. The summed E-state index contributed by atoms with van der Waals surface area (Å²) in [4.78, 5) is 21.2. The SMILES string of the molecule is CC(=O)Oc1ccccc1C(=O)O.Nc1ccccc1. The molecule has 0 saturated heterocycles. The maximum Gasteiger partial charge on any atom is 0.339 e. The van der Waals surface area contributed by atoms with Gasteiger partial charge >= 0.3 is 11.9 Å². The summed E-state index contributed by atoms with van der Waals surface area (Å²) in [5.41, 5.74) is 6.16. The maximum absolute atomic E-state index is 10.6. The first kappa shape index (κ1) is 15.2. The summed E-state index contributed by atoms with van der Waals surface area (Å²) in [5, 5.41) is 8.69. The van der Waals surface area contributed by atoms with Crippen molar-refractivity contribution in [3.05, 3.63) is 60.2 Å². The Morgan fingerprint density at radius 1 is 1.00 bits per heavy atom. The van der Waals surface area contributed by atoms with Crippen molar-refractivity contribution in [2.24, 2.45) is 0 Å². The van der Waals surface area contributed by atoms with Gasteiger partial charge in [-0.1, -0.05) is 30.3 Å². The summed E-state index contributed by atoms with van der Waals surface area (Å²) in [6, 6.07) is 15.5. The fraction of sp³-hybridized carbons (Fsp3) is 0.0667. The predicted octanol–water partition coefficient (Wildman–Crippen LogP) is 2.58. The van der Waals surface area contributed by atoms with Gasteiger partial charge in [0.05, 0.1) is 0 Å². The van der Waals surface area contributed by atoms with E-state index in [4.69, 9.17) is 10.8 Å². The number of anilines is 1. The number of benzene rings is 2. The molecule has 0 bridgehead atoms. The Kier molecular flexibility index (Phi) is 5.77. The lowest BCUT2D eigenvalue weighted by atomic mass is 10.2. The van der Waals surface area contributed by atoms with Crippen molar-refractivity contribution in [1.82, 2.24) is 0 Å². The van der Waals surface area contributed by atoms with Gasteiger partial charge < -0.3 is 15.6 Å². The number of hydrogen-bond donors (Lipinski definition) is 2. The molecule has 0 aliphatic rings. The first-order chi connectivity index (χ1) is 9.50. The van der Waals surface area contributed by atoms with Crippen LogP contribution < -0.4 is 10.5 Å². The Morgan fingerprint density at radius 3 is 2.00 bits per heavy atom. The molecule has 0 atom stereocenters. The van der Waals surface area contributed by atoms with Gasteiger partial charge in [0, 0.05) is 12.6 Å². The third kappa shape index (κ3) is 5.22. The van der Waals surface area contributed by atoms with Crippen molar-refractivity contribution < 1.29 is 19.4 Å². The van der Waals surface area contributed by atoms with E-state index < -0.39 is 11.9 Å². The van der Waals surface area contributed by atoms with Gasteiger partial charge in [-0.05, 0) is 24.3 Å². The van der Waals surface area contributed by atoms with Crippen LogP contribution in [0.2, 0.25) is 0 Å². The summed E-state index contributed by atoms with van der Waals surface area (Å²) < 4.78 is 4.69. The highest BCUT2D eigenvalue weighted by Gasteiger charge is 2.10. The van der Waals surface area contributed by atoms with Gasteiger partial charge in [-0.15, -0.1) is 0 Å². The molecule has 5 heteroatoms. The van der Waals surface area contributed by atoms with Gasteiger partial charge in [0.15, 0.2) is 0 Å². The smallest absolute Gasteiger partial charge is 0.339 e. The van der Waals surface area contributed by atoms with Crippen LogP contribution in [0.3, 0.4) is 0 Å². The Hall–Kier alpha value is -2.82. The van der Waals surface area contributed by atoms with Gasteiger partial charge in [-0.2, -0.15) is 0 Å². The monoisotopic (exact) mass is 273 g/mol. The normalized spacial score (nSPS) is 9.05. The fourth-order valence-corrected chi connectivity index (χ4v) is 1.34. The van der Waals surface area contributed by atoms with E-state index in [1.165, 1.54) is 19.1 Å². The minimum atomic E-state index is -1.11. The van der Waals surface area contributed by atoms with Gasteiger partial charge in [-0.3, -0.25) is 4.79 Å². The number of nitrogen functional groups attached to an aromatic ring is 1. The van der Waals surface area contributed by atoms with Crippen LogP contribution in [0.1, 0.15) is 17.3 Å². The third-order valence-electron chi connectivity index (χ3n) is 2.17. The van der Waals surface area contributed by atoms with Crippen LogP contribution >= 0.6 is 0 Å². The zero-order valence-corrected chi connectivity index (χ0v) is 10.9. The van der Waals surface area contributed by atoms with Crippen molar-refractivity contribution in [3.63, 3.8) is 0 Å². The summed E-state index contributed by atoms with van der Waals surface area (Å²) >= 11 is 0. The molecule has 0 aliphatic carbocycles. The van der Waals surface area contributed by atoms with Crippen molar-refractivity contribution in [1.29, 1.82) is 0 Å². The number of carbonyl (C=O) groups is 2. The van der Waals surface area contributed by atoms with Gasteiger partial charge in [-0.25, -0.2) is 4.79 Å². The zero-order chi connectivity index (χ0) is 15.0. The van der Waals surface area contributed by atoms with Crippen LogP contribution in [0.15, 0.2) is 54.6 Å². The highest BCUT2D eigenvalue weighted by atomic mass is 16.5. The Labute approximate surface area is 116 Å². The average Bonchev–Trinajstić information content (AvgIpc) is 2.40. The van der Waals surface area contributed by atoms with Crippen LogP contribution in [0.4, 0.5) is 5.69 Å². The number of rotatable bonds is 2. The Bertz CT molecular complexity index is 581. The van der Waals surface area contributed by atoms with Crippen molar-refractivity contribution in [3.8, 4) is 5.75 Å². The number of hydrogen-bond acceptors (Lipinski definition) is 4. The number of ether oxygens (including phenoxy) is 1. The van der Waals surface area contributed by atoms with Crippen LogP contribution in [0.25, 0.3) is 0 Å². The lowest BCUT2D eigenvalue weighted by Gasteiger charge is -2.03. The molecule has 0 radical (unpaired) electrons. The van der Waals surface area contributed by atoms with E-state index in [1.54, 1.807) is 12.1 Å². The van der Waals surface area contributed by atoms with Gasteiger partial charge in [0.2, 0.25) is 0 Å². The van der Waals surface area contributed by atoms with Crippen LogP contribution in [-0.2, 0) is 4.79 Å². The molecule has 2 aromatic carbocycles. The number of carboxylic acid groups (broad SMARTS) is 1. The number of para-hydroxylation sites is 2. The standard InChI is InChI=1S/C9H8O4.C6H7N/c1-6(10)13-8-5-3-2-4-7(8)9(11)12;7-6-4-2-1-3-5-6/h2-5H,1H3,(H,11,12);1-5H,7H2. The number of esters is 1. The number of aromatic carboxylic acids is 1. The highest BCUT2D eigenvalue weighted by molar-refractivity contribution is 5.91. The first-order valence-electron chi connectivity index (χ1n) is 5.82. The number of carbonyl (C=O) groups excluding carboxylic acids is 1. The molecule has 0 fully saturated rings. The van der Waals surface area contributed by atoms with Crippen LogP contribution in [0.5, 0.6) is 5.75 Å². The van der Waals surface area contributed by atoms with Crippen molar-refractivity contribution >= 4 is 17.6 Å². The summed E-state index contributed by atoms with van der Waals surface area (Å²) in [6.07, 6.45) is 0. The molecule has 3 N–H and O–H groups in total. The average molecular weight is 273 g/mol. The predicted molar refractivity (Wildman–Crippen MR) is 75.6 cm³/mol. The molecule has 104 valence electrons. The van der Waals surface area contributed by atoms with E-state index in [2.05, 4.69) is 4.74 Å². The zero-order valence-electron chi connectivity index (χ0n) is 10.9. The topological polar surface area (TPSA) is 89.6 Å². The molecule has 0 aliphatic heterocycles. The van der Waals surface area contributed by atoms with E-state index in [-0.39, 0.29) is 11.3 Å². The molecule has 0 unspecified atom stereocenters. The molecule has 5 nitrogen and oxygen atoms in total. The quantitative estimate of drug-likeness (QED) is 0.498. The van der Waals surface area contributed by atoms with E-state index in [0.29, 0.717) is 0 Å². The fourth-order valence-electron chi connectivity index (χ4n) is 1.34. The minimum Gasteiger partial charge on any atom is -0.478 e. The number of nitrogens with two attached hydrogens (primary N) is 1. The second-order valence-electron chi connectivity index (χ2n) is 3.81. The lowest BCUT2D eigenvalue weighted by molar-refractivity contribution is -0.131. The maximum atomic E-state index is 10.6. The van der Waals surface area contributed by atoms with Crippen LogP contribution in [0, 0.1) is 0 Å². The van der Waals surface area contributed by atoms with Crippen molar-refractivity contribution in [2.45, 2.75) is 6.92 Å². The Balaban J connectivity index is 0.000000240. The highest BCUT2D eigenvalue weighted by Crippen LogP contribution is 2.17. The number of carboxylic acids is 1. The second-order valence-corrected chi connectivity index (χ2v) is 3.81. The molecule has 0 heterocycles. The third-order valence-corrected chi connectivity index (χ3v) is 2.17. The molecule has 0 spiro atoms. The minimum absolute atomic E-state index is 0.0160. The largest absolute Gasteiger partial charge is 0.478 e. The first-order valence-corrected chi connectivity index (χ1v) is 5.82. The van der Waals surface area contributed by atoms with Crippen molar-refractivity contribution in [2.75, 3.05) is 5.73 Å². The molecule has 0 amide bonds. The summed E-state index contributed by atoms with van der Waals surface area (Å²) in [5.74, 6) is -1.58. The summed E-state index contributed by atoms with van der Waals surface area (Å²) in [7, 11) is 0. The van der Waals surface area contributed by atoms with Crippen LogP contribution in [-0.4, -0.2) is 17.0 Å². The molecule has 20 heavy (non-hydrogen) atoms. The molecule has 2 rings (SSSR count). The molecule has 0 saturated carbocycles. The molecule has 2 aromatic rings.